The van der Waals surface area contributed by atoms with Crippen molar-refractivity contribution in [2.75, 3.05) is 0 Å². The first-order valence-corrected chi connectivity index (χ1v) is 8.26. The molecule has 2 aromatic rings. The molecule has 1 aliphatic rings. The molecule has 0 heterocycles. The van der Waals surface area contributed by atoms with Gasteiger partial charge in [0.15, 0.2) is 0 Å². The Labute approximate surface area is 142 Å². The fraction of sp³-hybridized carbons (Fsp3) is 0.300. The summed E-state index contributed by atoms with van der Waals surface area (Å²) in [6.45, 7) is 2.92. The van der Waals surface area contributed by atoms with Gasteiger partial charge in [0.1, 0.15) is 5.41 Å². The average Bonchev–Trinajstić information content (AvgIpc) is 3.40. The molecule has 0 atom stereocenters. The molecule has 4 nitrogen and oxygen atoms in total. The van der Waals surface area contributed by atoms with Gasteiger partial charge in [0.25, 0.3) is 0 Å². The molecule has 0 aromatic heterocycles. The van der Waals surface area contributed by atoms with Crippen LogP contribution in [-0.2, 0) is 22.7 Å². The molecule has 1 saturated carbocycles. The van der Waals surface area contributed by atoms with Crippen molar-refractivity contribution in [2.24, 2.45) is 5.41 Å². The van der Waals surface area contributed by atoms with E-state index < -0.39 is 5.41 Å². The fourth-order valence-corrected chi connectivity index (χ4v) is 2.80. The zero-order chi connectivity index (χ0) is 17.0. The largest absolute Gasteiger partial charge is 0.351 e. The second-order valence-electron chi connectivity index (χ2n) is 6.42. The lowest BCUT2D eigenvalue weighted by Crippen LogP contribution is -2.42. The standard InChI is InChI=1S/C20H22N2O2/c1-15-6-5-9-17(12-15)14-22-19(24)20(10-11-20)18(23)21-13-16-7-3-2-4-8-16/h2-9,12H,10-11,13-14H2,1H3,(H,21,23)(H,22,24). The van der Waals surface area contributed by atoms with Gasteiger partial charge >= 0.3 is 0 Å². The van der Waals surface area contributed by atoms with Gasteiger partial charge in [0.2, 0.25) is 11.8 Å². The van der Waals surface area contributed by atoms with E-state index in [1.807, 2.05) is 61.5 Å². The van der Waals surface area contributed by atoms with Crippen molar-refractivity contribution in [1.82, 2.24) is 10.6 Å². The van der Waals surface area contributed by atoms with Gasteiger partial charge in [0.05, 0.1) is 0 Å². The van der Waals surface area contributed by atoms with Gasteiger partial charge in [-0.3, -0.25) is 9.59 Å². The van der Waals surface area contributed by atoms with Crippen molar-refractivity contribution in [3.05, 3.63) is 71.3 Å². The second-order valence-corrected chi connectivity index (χ2v) is 6.42. The van der Waals surface area contributed by atoms with Crippen molar-refractivity contribution in [3.8, 4) is 0 Å². The van der Waals surface area contributed by atoms with Gasteiger partial charge in [-0.15, -0.1) is 0 Å². The molecule has 1 fully saturated rings. The first-order chi connectivity index (χ1) is 11.6. The molecule has 124 valence electrons. The lowest BCUT2D eigenvalue weighted by molar-refractivity contribution is -0.137. The summed E-state index contributed by atoms with van der Waals surface area (Å²) in [6, 6.07) is 17.7. The molecule has 1 aliphatic carbocycles. The molecule has 0 aliphatic heterocycles. The highest BCUT2D eigenvalue weighted by Crippen LogP contribution is 2.46. The van der Waals surface area contributed by atoms with E-state index in [9.17, 15) is 9.59 Å². The molecule has 24 heavy (non-hydrogen) atoms. The summed E-state index contributed by atoms with van der Waals surface area (Å²) in [7, 11) is 0. The molecule has 0 saturated heterocycles. The smallest absolute Gasteiger partial charge is 0.235 e. The third-order valence-electron chi connectivity index (χ3n) is 4.45. The summed E-state index contributed by atoms with van der Waals surface area (Å²) in [5.41, 5.74) is 2.35. The van der Waals surface area contributed by atoms with Gasteiger partial charge < -0.3 is 10.6 Å². The highest BCUT2D eigenvalue weighted by Gasteiger charge is 2.56. The summed E-state index contributed by atoms with van der Waals surface area (Å²) in [4.78, 5) is 24.9. The van der Waals surface area contributed by atoms with Crippen LogP contribution in [0.5, 0.6) is 0 Å². The Bertz CT molecular complexity index is 736. The molecule has 0 radical (unpaired) electrons. The predicted molar refractivity (Wildman–Crippen MR) is 93.0 cm³/mol. The van der Waals surface area contributed by atoms with Crippen molar-refractivity contribution in [3.63, 3.8) is 0 Å². The van der Waals surface area contributed by atoms with Crippen molar-refractivity contribution in [1.29, 1.82) is 0 Å². The summed E-state index contributed by atoms with van der Waals surface area (Å²) in [6.07, 6.45) is 1.24. The number of carbonyl (C=O) groups is 2. The van der Waals surface area contributed by atoms with E-state index in [1.165, 1.54) is 0 Å². The van der Waals surface area contributed by atoms with E-state index in [2.05, 4.69) is 10.6 Å². The van der Waals surface area contributed by atoms with Crippen LogP contribution in [-0.4, -0.2) is 11.8 Å². The van der Waals surface area contributed by atoms with E-state index >= 15 is 0 Å². The number of benzene rings is 2. The Kier molecular flexibility index (Phi) is 4.65. The van der Waals surface area contributed by atoms with Gasteiger partial charge in [-0.1, -0.05) is 60.2 Å². The number of amides is 2. The van der Waals surface area contributed by atoms with Gasteiger partial charge in [-0.25, -0.2) is 0 Å². The Morgan fingerprint density at radius 1 is 0.875 bits per heavy atom. The van der Waals surface area contributed by atoms with Gasteiger partial charge in [0, 0.05) is 13.1 Å². The van der Waals surface area contributed by atoms with Crippen LogP contribution in [0.3, 0.4) is 0 Å². The quantitative estimate of drug-likeness (QED) is 0.804. The first-order valence-electron chi connectivity index (χ1n) is 8.26. The summed E-state index contributed by atoms with van der Waals surface area (Å²) >= 11 is 0. The highest BCUT2D eigenvalue weighted by atomic mass is 16.2. The number of nitrogens with one attached hydrogen (secondary N) is 2. The van der Waals surface area contributed by atoms with Gasteiger partial charge in [-0.05, 0) is 30.9 Å². The highest BCUT2D eigenvalue weighted by molar-refractivity contribution is 6.07. The van der Waals surface area contributed by atoms with Crippen LogP contribution >= 0.6 is 0 Å². The minimum Gasteiger partial charge on any atom is -0.351 e. The molecular weight excluding hydrogens is 300 g/mol. The summed E-state index contributed by atoms with van der Waals surface area (Å²) < 4.78 is 0. The monoisotopic (exact) mass is 322 g/mol. The summed E-state index contributed by atoms with van der Waals surface area (Å²) in [5.74, 6) is -0.345. The maximum atomic E-state index is 12.5. The van der Waals surface area contributed by atoms with Gasteiger partial charge in [-0.2, -0.15) is 0 Å². The molecular formula is C20H22N2O2. The maximum absolute atomic E-state index is 12.5. The van der Waals surface area contributed by atoms with Crippen molar-refractivity contribution >= 4 is 11.8 Å². The first kappa shape index (κ1) is 16.2. The molecule has 3 rings (SSSR count). The Hall–Kier alpha value is -2.62. The number of aryl methyl sites for hydroxylation is 1. The second kappa shape index (κ2) is 6.87. The minimum atomic E-state index is -0.876. The van der Waals surface area contributed by atoms with Crippen LogP contribution in [0, 0.1) is 12.3 Å². The normalized spacial score (nSPS) is 14.7. The maximum Gasteiger partial charge on any atom is 0.235 e. The SMILES string of the molecule is Cc1cccc(CNC(=O)C2(C(=O)NCc3ccccc3)CC2)c1. The summed E-state index contributed by atoms with van der Waals surface area (Å²) in [5, 5.41) is 5.80. The molecule has 2 aromatic carbocycles. The predicted octanol–water partition coefficient (Wildman–Crippen LogP) is 2.71. The molecule has 0 unspecified atom stereocenters. The lowest BCUT2D eigenvalue weighted by Gasteiger charge is -2.15. The molecule has 4 heteroatoms. The Balaban J connectivity index is 1.54. The van der Waals surface area contributed by atoms with E-state index in [-0.39, 0.29) is 11.8 Å². The topological polar surface area (TPSA) is 58.2 Å². The van der Waals surface area contributed by atoms with Crippen LogP contribution in [0.4, 0.5) is 0 Å². The third-order valence-corrected chi connectivity index (χ3v) is 4.45. The molecule has 2 N–H and O–H groups in total. The van der Waals surface area contributed by atoms with E-state index in [0.717, 1.165) is 16.7 Å². The van der Waals surface area contributed by atoms with Crippen LogP contribution in [0.1, 0.15) is 29.5 Å². The van der Waals surface area contributed by atoms with Crippen molar-refractivity contribution in [2.45, 2.75) is 32.9 Å². The number of carbonyl (C=O) groups excluding carboxylic acids is 2. The minimum absolute atomic E-state index is 0.172. The van der Waals surface area contributed by atoms with Crippen LogP contribution in [0.15, 0.2) is 54.6 Å². The van der Waals surface area contributed by atoms with E-state index in [4.69, 9.17) is 0 Å². The van der Waals surface area contributed by atoms with E-state index in [0.29, 0.717) is 25.9 Å². The zero-order valence-electron chi connectivity index (χ0n) is 13.8. The lowest BCUT2D eigenvalue weighted by atomic mass is 10.0. The van der Waals surface area contributed by atoms with Crippen LogP contribution < -0.4 is 10.6 Å². The number of hydrogen-bond donors (Lipinski definition) is 2. The van der Waals surface area contributed by atoms with Crippen LogP contribution in [0.25, 0.3) is 0 Å². The fourth-order valence-electron chi connectivity index (χ4n) is 2.80. The Morgan fingerprint density at radius 2 is 1.46 bits per heavy atom. The zero-order valence-corrected chi connectivity index (χ0v) is 13.8. The molecule has 0 spiro atoms. The third kappa shape index (κ3) is 3.65. The van der Waals surface area contributed by atoms with E-state index in [1.54, 1.807) is 0 Å². The number of hydrogen-bond acceptors (Lipinski definition) is 2. The van der Waals surface area contributed by atoms with Crippen molar-refractivity contribution < 1.29 is 9.59 Å². The molecule has 2 amide bonds. The Morgan fingerprint density at radius 3 is 2.04 bits per heavy atom. The average molecular weight is 322 g/mol. The van der Waals surface area contributed by atoms with Crippen LogP contribution in [0.2, 0.25) is 0 Å². The number of rotatable bonds is 6. The molecule has 0 bridgehead atoms.